The molecule has 0 saturated carbocycles. The summed E-state index contributed by atoms with van der Waals surface area (Å²) >= 11 is 0. The minimum Gasteiger partial charge on any atom is -0.343 e. The van der Waals surface area contributed by atoms with E-state index in [1.54, 1.807) is 0 Å². The monoisotopic (exact) mass is 367 g/mol. The predicted molar refractivity (Wildman–Crippen MR) is 92.6 cm³/mol. The lowest BCUT2D eigenvalue weighted by Crippen LogP contribution is -2.05. The Morgan fingerprint density at radius 1 is 1.04 bits per heavy atom. The lowest BCUT2D eigenvalue weighted by Gasteiger charge is -2.09. The van der Waals surface area contributed by atoms with E-state index in [1.807, 2.05) is 41.1 Å². The molecule has 0 saturated heterocycles. The van der Waals surface area contributed by atoms with Crippen LogP contribution in [0.5, 0.6) is 0 Å². The van der Waals surface area contributed by atoms with Crippen LogP contribution in [0.1, 0.15) is 16.8 Å². The first kappa shape index (κ1) is 16.8. The molecule has 0 bridgehead atoms. The fourth-order valence-corrected chi connectivity index (χ4v) is 2.98. The quantitative estimate of drug-likeness (QED) is 0.585. The Labute approximate surface area is 151 Å². The second kappa shape index (κ2) is 6.29. The summed E-state index contributed by atoms with van der Waals surface area (Å²) in [6.07, 6.45) is -2.47. The molecule has 4 rings (SSSR count). The average Bonchev–Trinajstić information content (AvgIpc) is 3.28. The molecular weight excluding hydrogens is 355 g/mol. The highest BCUT2D eigenvalue weighted by atomic mass is 19.4. The molecule has 0 aliphatic rings. The number of alkyl halides is 3. The molecule has 0 unspecified atom stereocenters. The minimum absolute atomic E-state index is 0.204. The van der Waals surface area contributed by atoms with E-state index >= 15 is 0 Å². The summed E-state index contributed by atoms with van der Waals surface area (Å²) in [6, 6.07) is 14.7. The number of hydrogen-bond donors (Lipinski definition) is 1. The standard InChI is InChI=1S/C19H12F3N5/c20-19(21,22)15-5-1-12(2-6-15)11-27-8-7-13-3-4-14(9-17(13)27)18-16(10-23)24-26-25-18/h1-9H,11H2,(H,24,25,26). The van der Waals surface area contributed by atoms with Crippen molar-refractivity contribution in [1.29, 1.82) is 5.26 Å². The molecule has 0 aliphatic heterocycles. The van der Waals surface area contributed by atoms with Crippen molar-refractivity contribution in [2.75, 3.05) is 0 Å². The number of aromatic amines is 1. The molecule has 134 valence electrons. The summed E-state index contributed by atoms with van der Waals surface area (Å²) in [4.78, 5) is 0. The summed E-state index contributed by atoms with van der Waals surface area (Å²) < 4.78 is 40.1. The van der Waals surface area contributed by atoms with E-state index in [-0.39, 0.29) is 5.69 Å². The molecule has 0 aliphatic carbocycles. The van der Waals surface area contributed by atoms with Gasteiger partial charge in [-0.25, -0.2) is 0 Å². The maximum Gasteiger partial charge on any atom is 0.416 e. The average molecular weight is 367 g/mol. The van der Waals surface area contributed by atoms with Gasteiger partial charge in [-0.2, -0.15) is 28.7 Å². The van der Waals surface area contributed by atoms with Gasteiger partial charge >= 0.3 is 6.18 Å². The van der Waals surface area contributed by atoms with Crippen LogP contribution in [0.3, 0.4) is 0 Å². The molecule has 27 heavy (non-hydrogen) atoms. The Kier molecular flexibility index (Phi) is 3.92. The molecule has 0 amide bonds. The Morgan fingerprint density at radius 2 is 1.81 bits per heavy atom. The highest BCUT2D eigenvalue weighted by molar-refractivity contribution is 5.85. The number of nitrogens with zero attached hydrogens (tertiary/aromatic N) is 4. The molecule has 0 spiro atoms. The summed E-state index contributed by atoms with van der Waals surface area (Å²) in [5, 5.41) is 20.4. The SMILES string of the molecule is N#Cc1n[nH]nc1-c1ccc2ccn(Cc3ccc(C(F)(F)F)cc3)c2c1. The van der Waals surface area contributed by atoms with Crippen molar-refractivity contribution in [3.63, 3.8) is 0 Å². The van der Waals surface area contributed by atoms with E-state index in [4.69, 9.17) is 5.26 Å². The smallest absolute Gasteiger partial charge is 0.343 e. The van der Waals surface area contributed by atoms with Gasteiger partial charge in [-0.05, 0) is 35.2 Å². The van der Waals surface area contributed by atoms with Crippen LogP contribution < -0.4 is 0 Å². The van der Waals surface area contributed by atoms with Crippen LogP contribution in [0, 0.1) is 11.3 Å². The molecule has 0 atom stereocenters. The molecule has 1 N–H and O–H groups in total. The normalized spacial score (nSPS) is 11.6. The summed E-state index contributed by atoms with van der Waals surface area (Å²) in [5.74, 6) is 0. The molecule has 0 fully saturated rings. The van der Waals surface area contributed by atoms with Crippen molar-refractivity contribution in [2.24, 2.45) is 0 Å². The van der Waals surface area contributed by atoms with E-state index in [0.717, 1.165) is 34.2 Å². The number of halogens is 3. The molecule has 2 aromatic carbocycles. The first-order chi connectivity index (χ1) is 13.0. The highest BCUT2D eigenvalue weighted by Gasteiger charge is 2.29. The number of H-pyrrole nitrogens is 1. The van der Waals surface area contributed by atoms with Crippen molar-refractivity contribution in [3.05, 3.63) is 71.5 Å². The number of rotatable bonds is 3. The summed E-state index contributed by atoms with van der Waals surface area (Å²) in [5.41, 5.74) is 2.38. The van der Waals surface area contributed by atoms with Crippen LogP contribution in [-0.4, -0.2) is 20.0 Å². The van der Waals surface area contributed by atoms with Gasteiger partial charge in [-0.15, -0.1) is 5.10 Å². The van der Waals surface area contributed by atoms with Crippen LogP contribution in [0.4, 0.5) is 13.2 Å². The molecule has 5 nitrogen and oxygen atoms in total. The first-order valence-corrected chi connectivity index (χ1v) is 8.02. The first-order valence-electron chi connectivity index (χ1n) is 8.02. The number of aromatic nitrogens is 4. The molecule has 8 heteroatoms. The second-order valence-electron chi connectivity index (χ2n) is 6.04. The van der Waals surface area contributed by atoms with Crippen LogP contribution >= 0.6 is 0 Å². The lowest BCUT2D eigenvalue weighted by atomic mass is 10.1. The van der Waals surface area contributed by atoms with Gasteiger partial charge < -0.3 is 4.57 Å². The van der Waals surface area contributed by atoms with Crippen LogP contribution in [0.15, 0.2) is 54.7 Å². The van der Waals surface area contributed by atoms with Crippen LogP contribution in [0.2, 0.25) is 0 Å². The van der Waals surface area contributed by atoms with Crippen LogP contribution in [-0.2, 0) is 12.7 Å². The lowest BCUT2D eigenvalue weighted by molar-refractivity contribution is -0.137. The van der Waals surface area contributed by atoms with Crippen molar-refractivity contribution in [1.82, 2.24) is 20.0 Å². The molecule has 2 aromatic heterocycles. The summed E-state index contributed by atoms with van der Waals surface area (Å²) in [7, 11) is 0. The second-order valence-corrected chi connectivity index (χ2v) is 6.04. The minimum atomic E-state index is -4.34. The van der Waals surface area contributed by atoms with Gasteiger partial charge in [0, 0.05) is 23.8 Å². The number of hydrogen-bond acceptors (Lipinski definition) is 3. The Morgan fingerprint density at radius 3 is 2.52 bits per heavy atom. The number of fused-ring (bicyclic) bond motifs is 1. The van der Waals surface area contributed by atoms with E-state index in [0.29, 0.717) is 12.2 Å². The predicted octanol–water partition coefficient (Wildman–Crippen LogP) is 4.37. The highest BCUT2D eigenvalue weighted by Crippen LogP contribution is 2.30. The number of nitrogens with one attached hydrogen (secondary N) is 1. The van der Waals surface area contributed by atoms with E-state index in [1.165, 1.54) is 12.1 Å². The Bertz CT molecular complexity index is 1150. The zero-order chi connectivity index (χ0) is 19.0. The zero-order valence-electron chi connectivity index (χ0n) is 13.8. The van der Waals surface area contributed by atoms with Crippen molar-refractivity contribution >= 4 is 10.9 Å². The van der Waals surface area contributed by atoms with Gasteiger partial charge in [0.1, 0.15) is 11.8 Å². The third kappa shape index (κ3) is 3.15. The van der Waals surface area contributed by atoms with Gasteiger partial charge in [0.05, 0.1) is 5.56 Å². The Balaban J connectivity index is 1.69. The van der Waals surface area contributed by atoms with Crippen molar-refractivity contribution in [3.8, 4) is 17.3 Å². The number of benzene rings is 2. The Hall–Kier alpha value is -3.60. The third-order valence-electron chi connectivity index (χ3n) is 4.34. The molecule has 0 radical (unpaired) electrons. The fraction of sp³-hybridized carbons (Fsp3) is 0.105. The van der Waals surface area contributed by atoms with Gasteiger partial charge in [0.15, 0.2) is 5.69 Å². The largest absolute Gasteiger partial charge is 0.416 e. The topological polar surface area (TPSA) is 70.3 Å². The maximum atomic E-state index is 12.7. The number of nitriles is 1. The van der Waals surface area contributed by atoms with Gasteiger partial charge in [0.25, 0.3) is 0 Å². The van der Waals surface area contributed by atoms with Crippen LogP contribution in [0.25, 0.3) is 22.2 Å². The van der Waals surface area contributed by atoms with Gasteiger partial charge in [-0.1, -0.05) is 24.3 Å². The van der Waals surface area contributed by atoms with E-state index in [9.17, 15) is 13.2 Å². The van der Waals surface area contributed by atoms with E-state index < -0.39 is 11.7 Å². The summed E-state index contributed by atoms with van der Waals surface area (Å²) in [6.45, 7) is 0.426. The van der Waals surface area contributed by atoms with E-state index in [2.05, 4.69) is 15.4 Å². The molecule has 4 aromatic rings. The molecule has 2 heterocycles. The molecular formula is C19H12F3N5. The van der Waals surface area contributed by atoms with Crippen molar-refractivity contribution < 1.29 is 13.2 Å². The van der Waals surface area contributed by atoms with Gasteiger partial charge in [-0.3, -0.25) is 0 Å². The third-order valence-corrected chi connectivity index (χ3v) is 4.34. The van der Waals surface area contributed by atoms with Crippen molar-refractivity contribution in [2.45, 2.75) is 12.7 Å². The fourth-order valence-electron chi connectivity index (χ4n) is 2.98. The maximum absolute atomic E-state index is 12.7. The van der Waals surface area contributed by atoms with Gasteiger partial charge in [0.2, 0.25) is 0 Å². The zero-order valence-corrected chi connectivity index (χ0v) is 13.8.